The van der Waals surface area contributed by atoms with Crippen LogP contribution in [0.5, 0.6) is 0 Å². The molecule has 1 heterocycles. The smallest absolute Gasteiger partial charge is 0.306 e. The molecule has 1 aromatic heterocycles. The van der Waals surface area contributed by atoms with E-state index in [0.29, 0.717) is 35.6 Å². The van der Waals surface area contributed by atoms with Gasteiger partial charge in [0, 0.05) is 23.9 Å². The number of amides is 2. The molecule has 2 aromatic rings. The number of carbonyl (C=O) groups is 4. The van der Waals surface area contributed by atoms with E-state index in [9.17, 15) is 24.6 Å². The molecule has 0 bridgehead atoms. The number of hydrogen-bond donors (Lipinski definition) is 4. The summed E-state index contributed by atoms with van der Waals surface area (Å²) in [4.78, 5) is 51.2. The third kappa shape index (κ3) is 40.2. The number of carbonyl (C=O) groups excluding carboxylic acids is 3. The molecule has 12 heteroatoms. The normalized spacial score (nSPS) is 12.2. The van der Waals surface area contributed by atoms with E-state index in [1.165, 1.54) is 50.1 Å². The van der Waals surface area contributed by atoms with Gasteiger partial charge in [-0.3, -0.25) is 14.4 Å². The van der Waals surface area contributed by atoms with E-state index in [2.05, 4.69) is 95.2 Å². The van der Waals surface area contributed by atoms with Crippen LogP contribution in [0.25, 0.3) is 0 Å². The summed E-state index contributed by atoms with van der Waals surface area (Å²) >= 11 is 1.27. The average Bonchev–Trinajstić information content (AvgIpc) is 3.71. The van der Waals surface area contributed by atoms with E-state index in [1.807, 2.05) is 72.1 Å². The minimum Gasteiger partial charge on any atom is -0.481 e. The summed E-state index contributed by atoms with van der Waals surface area (Å²) in [5, 5.41) is 25.1. The molecule has 5 N–H and O–H groups in total. The molecular formula is C48H93N5O6S. The molecule has 1 aromatic carbocycles. The minimum absolute atomic E-state index is 0.193. The molecule has 60 heavy (non-hydrogen) atoms. The monoisotopic (exact) mass is 868 g/mol. The van der Waals surface area contributed by atoms with Crippen LogP contribution in [0, 0.1) is 17.3 Å². The van der Waals surface area contributed by atoms with Gasteiger partial charge in [0.15, 0.2) is 0 Å². The molecule has 0 saturated heterocycles. The Morgan fingerprint density at radius 1 is 0.900 bits per heavy atom. The fourth-order valence-corrected chi connectivity index (χ4v) is 6.25. The van der Waals surface area contributed by atoms with Gasteiger partial charge in [-0.05, 0) is 89.7 Å². The molecular weight excluding hydrogens is 775 g/mol. The van der Waals surface area contributed by atoms with Gasteiger partial charge in [0.2, 0.25) is 6.41 Å². The van der Waals surface area contributed by atoms with Gasteiger partial charge in [0.25, 0.3) is 5.91 Å². The lowest BCUT2D eigenvalue weighted by Crippen LogP contribution is -2.38. The number of unbranched alkanes of at least 4 members (excludes halogenated alkanes) is 3. The number of aliphatic hydroxyl groups excluding tert-OH is 1. The number of aldehydes is 1. The summed E-state index contributed by atoms with van der Waals surface area (Å²) in [6.45, 7) is 31.8. The molecule has 0 aliphatic heterocycles. The molecule has 0 aliphatic carbocycles. The van der Waals surface area contributed by atoms with Crippen molar-refractivity contribution < 1.29 is 29.4 Å². The van der Waals surface area contributed by atoms with Crippen LogP contribution < -0.4 is 11.1 Å². The molecule has 4 unspecified atom stereocenters. The highest BCUT2D eigenvalue weighted by molar-refractivity contribution is 7.09. The Labute approximate surface area is 372 Å². The third-order valence-corrected chi connectivity index (χ3v) is 9.71. The molecule has 0 radical (unpaired) electrons. The van der Waals surface area contributed by atoms with Crippen molar-refractivity contribution in [2.24, 2.45) is 23.0 Å². The van der Waals surface area contributed by atoms with Gasteiger partial charge in [-0.2, -0.15) is 0 Å². The molecule has 0 saturated carbocycles. The number of carboxylic acids is 1. The van der Waals surface area contributed by atoms with Crippen molar-refractivity contribution in [1.29, 1.82) is 0 Å². The highest BCUT2D eigenvalue weighted by Crippen LogP contribution is 2.26. The first kappa shape index (κ1) is 65.9. The van der Waals surface area contributed by atoms with Gasteiger partial charge in [-0.1, -0.05) is 147 Å². The lowest BCUT2D eigenvalue weighted by molar-refractivity contribution is -0.141. The number of nitrogens with one attached hydrogen (secondary N) is 1. The van der Waals surface area contributed by atoms with E-state index >= 15 is 0 Å². The van der Waals surface area contributed by atoms with Gasteiger partial charge < -0.3 is 35.9 Å². The second kappa shape index (κ2) is 43.9. The molecule has 352 valence electrons. The van der Waals surface area contributed by atoms with Gasteiger partial charge in [-0.15, -0.1) is 11.3 Å². The maximum absolute atomic E-state index is 12.9. The predicted octanol–water partition coefficient (Wildman–Crippen LogP) is 10.7. The number of rotatable bonds is 20. The van der Waals surface area contributed by atoms with E-state index in [-0.39, 0.29) is 30.1 Å². The second-order valence-electron chi connectivity index (χ2n) is 15.9. The van der Waals surface area contributed by atoms with Crippen molar-refractivity contribution in [3.8, 4) is 0 Å². The molecule has 2 rings (SSSR count). The van der Waals surface area contributed by atoms with Gasteiger partial charge in [-0.25, -0.2) is 4.98 Å². The van der Waals surface area contributed by atoms with E-state index in [0.717, 1.165) is 31.1 Å². The predicted molar refractivity (Wildman–Crippen MR) is 258 cm³/mol. The zero-order valence-corrected chi connectivity index (χ0v) is 42.2. The van der Waals surface area contributed by atoms with Crippen LogP contribution in [-0.2, 0) is 20.8 Å². The first-order valence-corrected chi connectivity index (χ1v) is 23.3. The third-order valence-electron chi connectivity index (χ3n) is 8.77. The Balaban J connectivity index is -0.000000291. The highest BCUT2D eigenvalue weighted by Gasteiger charge is 2.25. The van der Waals surface area contributed by atoms with Crippen LogP contribution >= 0.6 is 11.3 Å². The SMILES string of the molecule is CC.CC.CC(CC(Cc1ccccc1)NC(=O)c1csc(C(O)CC(C(C)C)N(C)C)n1)C(=O)O.CCCC(C)(C)C.CCCCC=O.CCCCN(C)CC.NC=O. The van der Waals surface area contributed by atoms with Crippen LogP contribution in [0.15, 0.2) is 35.7 Å². The summed E-state index contributed by atoms with van der Waals surface area (Å²) in [7, 11) is 6.14. The Morgan fingerprint density at radius 2 is 1.43 bits per heavy atom. The van der Waals surface area contributed by atoms with Crippen molar-refractivity contribution in [1.82, 2.24) is 20.1 Å². The number of benzene rings is 1. The van der Waals surface area contributed by atoms with Crippen molar-refractivity contribution in [3.05, 3.63) is 52.0 Å². The van der Waals surface area contributed by atoms with Crippen molar-refractivity contribution in [3.63, 3.8) is 0 Å². The van der Waals surface area contributed by atoms with Gasteiger partial charge >= 0.3 is 5.97 Å². The van der Waals surface area contributed by atoms with Crippen molar-refractivity contribution in [2.45, 2.75) is 179 Å². The zero-order valence-electron chi connectivity index (χ0n) is 41.3. The largest absolute Gasteiger partial charge is 0.481 e. The molecule has 11 nitrogen and oxygen atoms in total. The number of nitrogens with zero attached hydrogens (tertiary/aromatic N) is 3. The quantitative estimate of drug-likeness (QED) is 0.0748. The van der Waals surface area contributed by atoms with Crippen LogP contribution in [0.2, 0.25) is 0 Å². The van der Waals surface area contributed by atoms with Crippen molar-refractivity contribution >= 4 is 35.9 Å². The highest BCUT2D eigenvalue weighted by atomic mass is 32.1. The summed E-state index contributed by atoms with van der Waals surface area (Å²) in [5.41, 5.74) is 5.98. The molecule has 4 atom stereocenters. The van der Waals surface area contributed by atoms with Crippen LogP contribution in [0.1, 0.15) is 182 Å². The van der Waals surface area contributed by atoms with E-state index in [1.54, 1.807) is 12.3 Å². The summed E-state index contributed by atoms with van der Waals surface area (Å²) in [6, 6.07) is 9.51. The topological polar surface area (TPSA) is 166 Å². The first-order chi connectivity index (χ1) is 28.3. The molecule has 0 spiro atoms. The van der Waals surface area contributed by atoms with E-state index in [4.69, 9.17) is 4.79 Å². The average molecular weight is 868 g/mol. The maximum Gasteiger partial charge on any atom is 0.306 e. The lowest BCUT2D eigenvalue weighted by Gasteiger charge is -2.29. The number of thiazole rings is 1. The number of carboxylic acid groups (broad SMARTS) is 1. The number of aromatic nitrogens is 1. The lowest BCUT2D eigenvalue weighted by atomic mass is 9.91. The Kier molecular flexibility index (Phi) is 48.2. The standard InChI is InChI=1S/C24H35N3O4S.C7H17N.C7H16.C5H10O.2C2H6.CH3NO/c1-15(2)20(27(4)5)13-21(28)23-26-19(14-32-23)22(29)25-18(11-16(3)24(30)31)12-17-9-7-6-8-10-17;1-4-6-7-8(3)5-2;1-5-6-7(2,3)4;1-2-3-4-5-6;2*1-2;2-1-3/h6-10,14-16,18,20-21,28H,11-13H2,1-5H3,(H,25,29)(H,30,31);4-7H2,1-3H3;5-6H2,1-4H3;5H,2-4H2,1H3;2*1-2H3;1H,(H2,2,3). The van der Waals surface area contributed by atoms with Gasteiger partial charge in [0.1, 0.15) is 23.1 Å². The van der Waals surface area contributed by atoms with Crippen LogP contribution in [-0.4, -0.2) is 95.9 Å². The number of hydrogen-bond acceptors (Lipinski definition) is 9. The number of primary amides is 1. The number of aliphatic hydroxyl groups is 1. The number of aliphatic carboxylic acids is 1. The van der Waals surface area contributed by atoms with Gasteiger partial charge in [0.05, 0.1) is 5.92 Å². The maximum atomic E-state index is 12.9. The second-order valence-corrected chi connectivity index (χ2v) is 16.8. The fraction of sp³-hybridized carbons (Fsp3) is 0.729. The Hall–Kier alpha value is -3.19. The summed E-state index contributed by atoms with van der Waals surface area (Å²) < 4.78 is 0. The van der Waals surface area contributed by atoms with Crippen LogP contribution in [0.3, 0.4) is 0 Å². The zero-order chi connectivity index (χ0) is 47.7. The van der Waals surface area contributed by atoms with Crippen molar-refractivity contribution in [2.75, 3.05) is 34.2 Å². The Bertz CT molecular complexity index is 1250. The molecule has 0 aliphatic rings. The van der Waals surface area contributed by atoms with Crippen LogP contribution in [0.4, 0.5) is 0 Å². The molecule has 0 fully saturated rings. The molecule has 2 amide bonds. The summed E-state index contributed by atoms with van der Waals surface area (Å²) in [5.74, 6) is -1.46. The fourth-order valence-electron chi connectivity index (χ4n) is 5.46. The number of nitrogens with two attached hydrogens (primary N) is 1. The Morgan fingerprint density at radius 3 is 1.80 bits per heavy atom. The minimum atomic E-state index is -0.892. The summed E-state index contributed by atoms with van der Waals surface area (Å²) in [6.07, 6.45) is 10.0. The van der Waals surface area contributed by atoms with E-state index < -0.39 is 18.0 Å². The first-order valence-electron chi connectivity index (χ1n) is 22.4.